The molecule has 0 bridgehead atoms. The van der Waals surface area contributed by atoms with Gasteiger partial charge in [-0.05, 0) is 49.9 Å². The molecule has 1 unspecified atom stereocenters. The number of nitrogens with zero attached hydrogens (tertiary/aromatic N) is 1. The second kappa shape index (κ2) is 6.58. The molecule has 1 N–H and O–H groups in total. The van der Waals surface area contributed by atoms with Crippen molar-refractivity contribution in [3.63, 3.8) is 0 Å². The number of thiophene rings is 1. The van der Waals surface area contributed by atoms with Gasteiger partial charge in [0.1, 0.15) is 5.82 Å². The topological polar surface area (TPSA) is 23.5 Å². The number of aliphatic hydroxyl groups is 1. The van der Waals surface area contributed by atoms with Gasteiger partial charge in [0.25, 0.3) is 0 Å². The maximum Gasteiger partial charge on any atom is 0.126 e. The van der Waals surface area contributed by atoms with Gasteiger partial charge >= 0.3 is 0 Å². The molecule has 0 amide bonds. The standard InChI is InChI=1S/C17H22FNOS/c1-11-8-17(15(13(3)20)10-16(11)18)19(4)12(2)9-14-6-5-7-21-14/h5-8,10,12-13,20H,9H2,1-4H3/t12?,13-/m0/s1. The van der Waals surface area contributed by atoms with Crippen LogP contribution in [0.2, 0.25) is 0 Å². The molecule has 0 fully saturated rings. The number of aryl methyl sites for hydroxylation is 1. The molecule has 21 heavy (non-hydrogen) atoms. The van der Waals surface area contributed by atoms with E-state index >= 15 is 0 Å². The lowest BCUT2D eigenvalue weighted by Gasteiger charge is -2.30. The van der Waals surface area contributed by atoms with Crippen molar-refractivity contribution >= 4 is 17.0 Å². The van der Waals surface area contributed by atoms with Gasteiger partial charge in [0.05, 0.1) is 6.10 Å². The summed E-state index contributed by atoms with van der Waals surface area (Å²) in [5.74, 6) is -0.269. The van der Waals surface area contributed by atoms with Gasteiger partial charge in [0, 0.05) is 35.6 Å². The van der Waals surface area contributed by atoms with E-state index in [1.165, 1.54) is 10.9 Å². The van der Waals surface area contributed by atoms with Crippen LogP contribution >= 0.6 is 11.3 Å². The van der Waals surface area contributed by atoms with Crippen molar-refractivity contribution in [2.75, 3.05) is 11.9 Å². The summed E-state index contributed by atoms with van der Waals surface area (Å²) in [5, 5.41) is 12.0. The van der Waals surface area contributed by atoms with E-state index in [0.29, 0.717) is 11.1 Å². The molecule has 0 aliphatic carbocycles. The maximum atomic E-state index is 13.8. The number of anilines is 1. The van der Waals surface area contributed by atoms with Crippen LogP contribution in [0.25, 0.3) is 0 Å². The monoisotopic (exact) mass is 307 g/mol. The van der Waals surface area contributed by atoms with E-state index in [-0.39, 0.29) is 11.9 Å². The Morgan fingerprint density at radius 2 is 2.05 bits per heavy atom. The Morgan fingerprint density at radius 1 is 1.33 bits per heavy atom. The predicted octanol–water partition coefficient (Wildman–Crippen LogP) is 4.32. The van der Waals surface area contributed by atoms with E-state index in [0.717, 1.165) is 12.1 Å². The summed E-state index contributed by atoms with van der Waals surface area (Å²) in [7, 11) is 2.00. The van der Waals surface area contributed by atoms with Crippen LogP contribution in [0.3, 0.4) is 0 Å². The number of halogens is 1. The molecule has 114 valence electrons. The van der Waals surface area contributed by atoms with Gasteiger partial charge < -0.3 is 10.0 Å². The van der Waals surface area contributed by atoms with Crippen molar-refractivity contribution in [3.8, 4) is 0 Å². The summed E-state index contributed by atoms with van der Waals surface area (Å²) >= 11 is 1.74. The smallest absolute Gasteiger partial charge is 0.126 e. The molecule has 2 atom stereocenters. The summed E-state index contributed by atoms with van der Waals surface area (Å²) in [6, 6.07) is 7.72. The first kappa shape index (κ1) is 16.0. The second-order valence-electron chi connectivity index (χ2n) is 5.58. The molecule has 0 spiro atoms. The number of likely N-dealkylation sites (N-methyl/N-ethyl adjacent to an activating group) is 1. The third-order valence-electron chi connectivity index (χ3n) is 3.88. The number of hydrogen-bond donors (Lipinski definition) is 1. The fourth-order valence-electron chi connectivity index (χ4n) is 2.42. The number of hydrogen-bond acceptors (Lipinski definition) is 3. The Labute approximate surface area is 129 Å². The van der Waals surface area contributed by atoms with Crippen LogP contribution in [-0.2, 0) is 6.42 Å². The van der Waals surface area contributed by atoms with Crippen molar-refractivity contribution in [2.24, 2.45) is 0 Å². The highest BCUT2D eigenvalue weighted by Gasteiger charge is 2.18. The van der Waals surface area contributed by atoms with E-state index in [1.54, 1.807) is 25.2 Å². The average molecular weight is 307 g/mol. The largest absolute Gasteiger partial charge is 0.389 e. The first-order valence-electron chi connectivity index (χ1n) is 7.13. The Morgan fingerprint density at radius 3 is 2.62 bits per heavy atom. The molecule has 2 aromatic rings. The average Bonchev–Trinajstić information content (AvgIpc) is 2.93. The first-order chi connectivity index (χ1) is 9.90. The van der Waals surface area contributed by atoms with Crippen LogP contribution in [-0.4, -0.2) is 18.2 Å². The highest BCUT2D eigenvalue weighted by Crippen LogP contribution is 2.30. The zero-order valence-electron chi connectivity index (χ0n) is 12.9. The van der Waals surface area contributed by atoms with E-state index in [2.05, 4.69) is 29.3 Å². The number of rotatable bonds is 5. The summed E-state index contributed by atoms with van der Waals surface area (Å²) in [6.45, 7) is 5.57. The number of benzene rings is 1. The fourth-order valence-corrected chi connectivity index (χ4v) is 3.24. The molecule has 2 rings (SSSR count). The molecule has 0 radical (unpaired) electrons. The lowest BCUT2D eigenvalue weighted by Crippen LogP contribution is -2.31. The summed E-state index contributed by atoms with van der Waals surface area (Å²) < 4.78 is 13.8. The summed E-state index contributed by atoms with van der Waals surface area (Å²) in [5.41, 5.74) is 2.14. The van der Waals surface area contributed by atoms with Crippen LogP contribution in [0.1, 0.15) is 36.0 Å². The first-order valence-corrected chi connectivity index (χ1v) is 8.01. The molecule has 0 aliphatic heterocycles. The molecular formula is C17H22FNOS. The molecular weight excluding hydrogens is 285 g/mol. The maximum absolute atomic E-state index is 13.8. The highest BCUT2D eigenvalue weighted by atomic mass is 32.1. The minimum atomic E-state index is -0.688. The predicted molar refractivity (Wildman–Crippen MR) is 87.7 cm³/mol. The lowest BCUT2D eigenvalue weighted by atomic mass is 10.0. The molecule has 0 saturated heterocycles. The van der Waals surface area contributed by atoms with Crippen LogP contribution in [0, 0.1) is 12.7 Å². The van der Waals surface area contributed by atoms with Crippen LogP contribution < -0.4 is 4.90 Å². The van der Waals surface area contributed by atoms with Gasteiger partial charge in [-0.1, -0.05) is 6.07 Å². The van der Waals surface area contributed by atoms with Gasteiger partial charge in [0.15, 0.2) is 0 Å². The van der Waals surface area contributed by atoms with Crippen molar-refractivity contribution in [3.05, 3.63) is 51.5 Å². The van der Waals surface area contributed by atoms with Crippen LogP contribution in [0.15, 0.2) is 29.6 Å². The SMILES string of the molecule is Cc1cc(N(C)C(C)Cc2cccs2)c([C@H](C)O)cc1F. The molecule has 1 aromatic carbocycles. The Kier molecular flexibility index (Phi) is 5.01. The van der Waals surface area contributed by atoms with Gasteiger partial charge in [-0.25, -0.2) is 4.39 Å². The third kappa shape index (κ3) is 3.63. The third-order valence-corrected chi connectivity index (χ3v) is 4.77. The molecule has 0 aliphatic rings. The highest BCUT2D eigenvalue weighted by molar-refractivity contribution is 7.09. The van der Waals surface area contributed by atoms with Crippen LogP contribution in [0.5, 0.6) is 0 Å². The summed E-state index contributed by atoms with van der Waals surface area (Å²) in [4.78, 5) is 3.44. The van der Waals surface area contributed by atoms with Gasteiger partial charge in [-0.15, -0.1) is 11.3 Å². The van der Waals surface area contributed by atoms with Gasteiger partial charge in [-0.2, -0.15) is 0 Å². The normalized spacial score (nSPS) is 14.0. The molecule has 2 nitrogen and oxygen atoms in total. The second-order valence-corrected chi connectivity index (χ2v) is 6.61. The zero-order chi connectivity index (χ0) is 15.6. The van der Waals surface area contributed by atoms with Crippen LogP contribution in [0.4, 0.5) is 10.1 Å². The molecule has 1 heterocycles. The van der Waals surface area contributed by atoms with E-state index in [1.807, 2.05) is 13.1 Å². The van der Waals surface area contributed by atoms with Gasteiger partial charge in [0.2, 0.25) is 0 Å². The quantitative estimate of drug-likeness (QED) is 0.889. The van der Waals surface area contributed by atoms with E-state index < -0.39 is 6.10 Å². The number of aliphatic hydroxyl groups excluding tert-OH is 1. The Hall–Kier alpha value is -1.39. The van der Waals surface area contributed by atoms with Crippen molar-refractivity contribution in [1.29, 1.82) is 0 Å². The zero-order valence-corrected chi connectivity index (χ0v) is 13.7. The van der Waals surface area contributed by atoms with Gasteiger partial charge in [-0.3, -0.25) is 0 Å². The summed E-state index contributed by atoms with van der Waals surface area (Å²) in [6.07, 6.45) is 0.246. The Bertz CT molecular complexity index is 595. The molecule has 0 saturated carbocycles. The minimum absolute atomic E-state index is 0.269. The van der Waals surface area contributed by atoms with Crippen molar-refractivity contribution in [1.82, 2.24) is 0 Å². The minimum Gasteiger partial charge on any atom is -0.389 e. The van der Waals surface area contributed by atoms with E-state index in [4.69, 9.17) is 0 Å². The molecule has 1 aromatic heterocycles. The van der Waals surface area contributed by atoms with Crippen molar-refractivity contribution < 1.29 is 9.50 Å². The molecule has 4 heteroatoms. The fraction of sp³-hybridized carbons (Fsp3) is 0.412. The van der Waals surface area contributed by atoms with Crippen molar-refractivity contribution in [2.45, 2.75) is 39.3 Å². The van der Waals surface area contributed by atoms with E-state index in [9.17, 15) is 9.50 Å². The lowest BCUT2D eigenvalue weighted by molar-refractivity contribution is 0.199. The Balaban J connectivity index is 2.29.